The number of hydrogen-bond donors (Lipinski definition) is 0. The molecular weight excluding hydrogens is 318 g/mol. The van der Waals surface area contributed by atoms with E-state index in [9.17, 15) is 14.4 Å². The molecular formula is C16H15NO5S. The van der Waals surface area contributed by atoms with Crippen LogP contribution in [0.2, 0.25) is 0 Å². The second-order valence-electron chi connectivity index (χ2n) is 4.48. The van der Waals surface area contributed by atoms with Crippen LogP contribution in [-0.2, 0) is 14.3 Å². The van der Waals surface area contributed by atoms with Crippen LogP contribution in [0, 0.1) is 0 Å². The van der Waals surface area contributed by atoms with Crippen molar-refractivity contribution in [3.8, 4) is 5.75 Å². The number of thioether (sulfide) groups is 1. The zero-order valence-corrected chi connectivity index (χ0v) is 13.3. The summed E-state index contributed by atoms with van der Waals surface area (Å²) in [5.41, 5.74) is 0.598. The van der Waals surface area contributed by atoms with E-state index in [1.165, 1.54) is 13.2 Å². The molecule has 0 aromatic heterocycles. The average molecular weight is 333 g/mol. The fraction of sp³-hybridized carbons (Fsp3) is 0.188. The lowest BCUT2D eigenvalue weighted by atomic mass is 10.2. The molecule has 2 rings (SSSR count). The van der Waals surface area contributed by atoms with E-state index in [2.05, 4.69) is 11.3 Å². The fourth-order valence-electron chi connectivity index (χ4n) is 1.85. The van der Waals surface area contributed by atoms with Crippen molar-refractivity contribution < 1.29 is 23.9 Å². The Labute approximate surface area is 137 Å². The maximum atomic E-state index is 12.2. The third-order valence-electron chi connectivity index (χ3n) is 2.96. The van der Waals surface area contributed by atoms with Gasteiger partial charge in [0.1, 0.15) is 5.75 Å². The predicted molar refractivity (Wildman–Crippen MR) is 86.8 cm³/mol. The van der Waals surface area contributed by atoms with Crippen molar-refractivity contribution in [1.82, 2.24) is 4.90 Å². The summed E-state index contributed by atoms with van der Waals surface area (Å²) in [6.07, 6.45) is 3.06. The van der Waals surface area contributed by atoms with Crippen LogP contribution in [0.25, 0.3) is 6.08 Å². The Hall–Kier alpha value is -2.54. The lowest BCUT2D eigenvalue weighted by Crippen LogP contribution is -2.27. The molecule has 2 amide bonds. The highest BCUT2D eigenvalue weighted by Crippen LogP contribution is 2.33. The Balaban J connectivity index is 2.22. The molecule has 1 saturated heterocycles. The van der Waals surface area contributed by atoms with Crippen LogP contribution in [-0.4, -0.2) is 42.3 Å². The highest BCUT2D eigenvalue weighted by atomic mass is 32.2. The van der Waals surface area contributed by atoms with Crippen LogP contribution in [0.4, 0.5) is 4.79 Å². The van der Waals surface area contributed by atoms with Gasteiger partial charge in [-0.2, -0.15) is 0 Å². The molecule has 0 bridgehead atoms. The Morgan fingerprint density at radius 3 is 2.78 bits per heavy atom. The minimum Gasteiger partial charge on any atom is -0.481 e. The summed E-state index contributed by atoms with van der Waals surface area (Å²) in [7, 11) is 1.27. The molecule has 0 unspecified atom stereocenters. The van der Waals surface area contributed by atoms with Crippen molar-refractivity contribution in [2.45, 2.75) is 0 Å². The van der Waals surface area contributed by atoms with Gasteiger partial charge in [0, 0.05) is 12.1 Å². The highest BCUT2D eigenvalue weighted by Gasteiger charge is 2.34. The molecule has 0 N–H and O–H groups in total. The summed E-state index contributed by atoms with van der Waals surface area (Å²) < 4.78 is 9.90. The van der Waals surface area contributed by atoms with Crippen LogP contribution < -0.4 is 4.74 Å². The van der Waals surface area contributed by atoms with E-state index >= 15 is 0 Å². The molecule has 1 fully saturated rings. The molecule has 1 aromatic carbocycles. The summed E-state index contributed by atoms with van der Waals surface area (Å²) in [5.74, 6) is -0.456. The normalized spacial score (nSPS) is 15.9. The number of amides is 2. The third-order valence-corrected chi connectivity index (χ3v) is 3.87. The Bertz CT molecular complexity index is 683. The van der Waals surface area contributed by atoms with E-state index in [4.69, 9.17) is 4.74 Å². The van der Waals surface area contributed by atoms with Gasteiger partial charge in [0.25, 0.3) is 11.1 Å². The molecule has 23 heavy (non-hydrogen) atoms. The molecule has 1 aliphatic rings. The number of carbonyl (C=O) groups is 3. The summed E-state index contributed by atoms with van der Waals surface area (Å²) in [6, 6.07) is 6.91. The molecule has 1 aromatic rings. The van der Waals surface area contributed by atoms with E-state index in [0.717, 1.165) is 16.7 Å². The summed E-state index contributed by atoms with van der Waals surface area (Å²) in [6.45, 7) is 3.46. The first-order valence-corrected chi connectivity index (χ1v) is 7.53. The van der Waals surface area contributed by atoms with Gasteiger partial charge in [0.15, 0.2) is 6.61 Å². The number of para-hydroxylation sites is 1. The van der Waals surface area contributed by atoms with E-state index in [1.54, 1.807) is 30.3 Å². The lowest BCUT2D eigenvalue weighted by molar-refractivity contribution is -0.142. The van der Waals surface area contributed by atoms with Crippen LogP contribution in [0.3, 0.4) is 0 Å². The Kier molecular flexibility index (Phi) is 5.59. The molecule has 120 valence electrons. The van der Waals surface area contributed by atoms with Gasteiger partial charge in [0.2, 0.25) is 0 Å². The quantitative estimate of drug-likeness (QED) is 0.452. The minimum absolute atomic E-state index is 0.169. The van der Waals surface area contributed by atoms with E-state index in [0.29, 0.717) is 16.2 Å². The Morgan fingerprint density at radius 1 is 1.35 bits per heavy atom. The van der Waals surface area contributed by atoms with Crippen molar-refractivity contribution in [2.75, 3.05) is 20.3 Å². The number of imide groups is 1. The first kappa shape index (κ1) is 16.8. The number of esters is 1. The number of nitrogens with zero attached hydrogens (tertiary/aromatic N) is 1. The first-order chi connectivity index (χ1) is 11.1. The van der Waals surface area contributed by atoms with Crippen LogP contribution in [0.15, 0.2) is 41.8 Å². The zero-order valence-electron chi connectivity index (χ0n) is 12.5. The van der Waals surface area contributed by atoms with Gasteiger partial charge < -0.3 is 9.47 Å². The van der Waals surface area contributed by atoms with Crippen molar-refractivity contribution in [2.24, 2.45) is 0 Å². The van der Waals surface area contributed by atoms with Gasteiger partial charge in [-0.3, -0.25) is 14.5 Å². The molecule has 0 saturated carbocycles. The largest absolute Gasteiger partial charge is 0.481 e. The summed E-state index contributed by atoms with van der Waals surface area (Å²) in [4.78, 5) is 36.6. The summed E-state index contributed by atoms with van der Waals surface area (Å²) >= 11 is 0.858. The number of benzene rings is 1. The van der Waals surface area contributed by atoms with Crippen molar-refractivity contribution in [1.29, 1.82) is 0 Å². The van der Waals surface area contributed by atoms with Crippen molar-refractivity contribution >= 4 is 35.0 Å². The van der Waals surface area contributed by atoms with Gasteiger partial charge in [-0.1, -0.05) is 24.3 Å². The van der Waals surface area contributed by atoms with Crippen molar-refractivity contribution in [3.05, 3.63) is 47.4 Å². The molecule has 1 aliphatic heterocycles. The topological polar surface area (TPSA) is 72.9 Å². The molecule has 7 heteroatoms. The molecule has 0 atom stereocenters. The van der Waals surface area contributed by atoms with Gasteiger partial charge in [-0.05, 0) is 23.9 Å². The van der Waals surface area contributed by atoms with E-state index in [-0.39, 0.29) is 24.3 Å². The number of rotatable bonds is 6. The molecule has 0 aliphatic carbocycles. The van der Waals surface area contributed by atoms with Gasteiger partial charge in [-0.15, -0.1) is 6.58 Å². The monoisotopic (exact) mass is 333 g/mol. The smallest absolute Gasteiger partial charge is 0.343 e. The highest BCUT2D eigenvalue weighted by molar-refractivity contribution is 8.18. The maximum absolute atomic E-state index is 12.2. The fourth-order valence-corrected chi connectivity index (χ4v) is 2.69. The SMILES string of the molecule is C=CCN1C(=O)SC(=Cc2ccccc2OCC(=O)OC)C1=O. The average Bonchev–Trinajstić information content (AvgIpc) is 2.81. The number of methoxy groups -OCH3 is 1. The molecule has 6 nitrogen and oxygen atoms in total. The predicted octanol–water partition coefficient (Wildman–Crippen LogP) is 2.46. The number of ether oxygens (including phenoxy) is 2. The standard InChI is InChI=1S/C16H15NO5S/c1-3-8-17-15(19)13(23-16(17)20)9-11-6-4-5-7-12(11)22-10-14(18)21-2/h3-7,9H,1,8,10H2,2H3. The zero-order chi connectivity index (χ0) is 16.8. The third kappa shape index (κ3) is 4.01. The number of carbonyl (C=O) groups excluding carboxylic acids is 3. The minimum atomic E-state index is -0.508. The van der Waals surface area contributed by atoms with Crippen LogP contribution in [0.1, 0.15) is 5.56 Å². The van der Waals surface area contributed by atoms with Gasteiger partial charge in [0.05, 0.1) is 12.0 Å². The van der Waals surface area contributed by atoms with Gasteiger partial charge >= 0.3 is 5.97 Å². The second-order valence-corrected chi connectivity index (χ2v) is 5.48. The lowest BCUT2D eigenvalue weighted by Gasteiger charge is -2.09. The van der Waals surface area contributed by atoms with E-state index < -0.39 is 5.97 Å². The van der Waals surface area contributed by atoms with Gasteiger partial charge in [-0.25, -0.2) is 4.79 Å². The first-order valence-electron chi connectivity index (χ1n) is 6.71. The maximum Gasteiger partial charge on any atom is 0.343 e. The molecule has 0 radical (unpaired) electrons. The van der Waals surface area contributed by atoms with Crippen molar-refractivity contribution in [3.63, 3.8) is 0 Å². The summed E-state index contributed by atoms with van der Waals surface area (Å²) in [5, 5.41) is -0.339. The van der Waals surface area contributed by atoms with Crippen LogP contribution >= 0.6 is 11.8 Å². The molecule has 0 spiro atoms. The van der Waals surface area contributed by atoms with Crippen LogP contribution in [0.5, 0.6) is 5.75 Å². The molecule has 1 heterocycles. The Morgan fingerprint density at radius 2 is 2.09 bits per heavy atom. The number of hydrogen-bond acceptors (Lipinski definition) is 6. The second kappa shape index (κ2) is 7.64. The van der Waals surface area contributed by atoms with E-state index in [1.807, 2.05) is 0 Å².